The number of thiophene rings is 1. The standard InChI is InChI=1S/C49H30N2OS/c1-2-15-30-29(14-1)28-36(32-17-4-3-16-31(30)32)48-50-45-34-19-6-12-27-43(34)53-47(45)46(51-48)35-20-13-24-40-44(35)33-18-5-7-21-37(33)49(40)38-22-8-10-25-41(38)52-42-26-11-9-23-39(42)49/h1-8,10,12-28H,9,11H2. The fourth-order valence-corrected chi connectivity index (χ4v) is 10.6. The van der Waals surface area contributed by atoms with E-state index in [1.165, 1.54) is 54.2 Å². The molecular formula is C49H30N2OS. The number of hydrogen-bond donors (Lipinski definition) is 0. The van der Waals surface area contributed by atoms with Crippen molar-refractivity contribution in [3.63, 3.8) is 0 Å². The van der Waals surface area contributed by atoms with Gasteiger partial charge in [-0.2, -0.15) is 0 Å². The number of nitrogens with zero attached hydrogens (tertiary/aromatic N) is 2. The molecular weight excluding hydrogens is 665 g/mol. The summed E-state index contributed by atoms with van der Waals surface area (Å²) in [6, 6.07) is 52.7. The minimum Gasteiger partial charge on any atom is -0.457 e. The highest BCUT2D eigenvalue weighted by Gasteiger charge is 2.53. The average Bonchev–Trinajstić information content (AvgIpc) is 3.75. The van der Waals surface area contributed by atoms with Crippen LogP contribution >= 0.6 is 11.3 Å². The lowest BCUT2D eigenvalue weighted by molar-refractivity contribution is 0.383. The van der Waals surface area contributed by atoms with Crippen LogP contribution in [-0.4, -0.2) is 9.97 Å². The Bertz CT molecular complexity index is 3110. The Labute approximate surface area is 310 Å². The van der Waals surface area contributed by atoms with E-state index in [0.29, 0.717) is 0 Å². The zero-order valence-electron chi connectivity index (χ0n) is 28.6. The lowest BCUT2D eigenvalue weighted by Gasteiger charge is -2.42. The molecule has 0 radical (unpaired) electrons. The summed E-state index contributed by atoms with van der Waals surface area (Å²) in [6.07, 6.45) is 6.66. The molecule has 0 bridgehead atoms. The van der Waals surface area contributed by atoms with Crippen LogP contribution in [0.1, 0.15) is 29.5 Å². The molecule has 12 rings (SSSR count). The van der Waals surface area contributed by atoms with Gasteiger partial charge in [0.15, 0.2) is 5.82 Å². The van der Waals surface area contributed by atoms with Gasteiger partial charge in [-0.25, -0.2) is 9.97 Å². The van der Waals surface area contributed by atoms with Crippen LogP contribution in [0.3, 0.4) is 0 Å². The zero-order valence-corrected chi connectivity index (χ0v) is 29.5. The van der Waals surface area contributed by atoms with E-state index in [1.807, 2.05) is 0 Å². The minimum atomic E-state index is -0.507. The van der Waals surface area contributed by atoms with Gasteiger partial charge in [-0.3, -0.25) is 0 Å². The molecule has 2 aromatic heterocycles. The maximum atomic E-state index is 6.66. The Morgan fingerprint density at radius 3 is 2.17 bits per heavy atom. The lowest BCUT2D eigenvalue weighted by atomic mass is 9.64. The predicted octanol–water partition coefficient (Wildman–Crippen LogP) is 12.8. The van der Waals surface area contributed by atoms with Gasteiger partial charge in [0, 0.05) is 32.3 Å². The highest BCUT2D eigenvalue weighted by atomic mass is 32.1. The van der Waals surface area contributed by atoms with E-state index in [9.17, 15) is 0 Å². The lowest BCUT2D eigenvalue weighted by Crippen LogP contribution is -2.36. The number of allylic oxidation sites excluding steroid dienone is 3. The maximum Gasteiger partial charge on any atom is 0.161 e. The Morgan fingerprint density at radius 1 is 0.547 bits per heavy atom. The topological polar surface area (TPSA) is 35.0 Å². The molecule has 9 aromatic rings. The smallest absolute Gasteiger partial charge is 0.161 e. The molecule has 2 aliphatic carbocycles. The van der Waals surface area contributed by atoms with Crippen LogP contribution in [0.25, 0.3) is 75.6 Å². The Morgan fingerprint density at radius 2 is 1.25 bits per heavy atom. The number of aromatic nitrogens is 2. The van der Waals surface area contributed by atoms with Gasteiger partial charge in [0.1, 0.15) is 11.5 Å². The van der Waals surface area contributed by atoms with Crippen molar-refractivity contribution in [2.24, 2.45) is 0 Å². The van der Waals surface area contributed by atoms with Crippen molar-refractivity contribution >= 4 is 53.2 Å². The molecule has 0 saturated heterocycles. The third kappa shape index (κ3) is 3.88. The SMILES string of the molecule is C1=C2Oc3ccccc3C3(C2=CCC1)c1ccccc1-c1c(-c2nc(-c4cc5ccccc5c5ccccc45)nc4c2sc2ccccc24)cccc13. The summed E-state index contributed by atoms with van der Waals surface area (Å²) in [5, 5.41) is 5.94. The van der Waals surface area contributed by atoms with Gasteiger partial charge >= 0.3 is 0 Å². The van der Waals surface area contributed by atoms with Crippen LogP contribution < -0.4 is 4.74 Å². The highest BCUT2D eigenvalue weighted by molar-refractivity contribution is 7.26. The first-order valence-corrected chi connectivity index (χ1v) is 19.1. The highest BCUT2D eigenvalue weighted by Crippen LogP contribution is 2.63. The molecule has 3 heterocycles. The van der Waals surface area contributed by atoms with E-state index in [2.05, 4.69) is 158 Å². The van der Waals surface area contributed by atoms with Gasteiger partial charge in [-0.05, 0) is 80.9 Å². The molecule has 1 unspecified atom stereocenters. The van der Waals surface area contributed by atoms with Crippen LogP contribution in [0.4, 0.5) is 0 Å². The molecule has 0 fully saturated rings. The molecule has 1 aliphatic heterocycles. The van der Waals surface area contributed by atoms with Crippen molar-refractivity contribution in [2.45, 2.75) is 18.3 Å². The van der Waals surface area contributed by atoms with Crippen LogP contribution in [0.15, 0.2) is 169 Å². The molecule has 3 nitrogen and oxygen atoms in total. The Balaban J connectivity index is 1.21. The van der Waals surface area contributed by atoms with Crippen molar-refractivity contribution in [3.8, 4) is 39.5 Å². The van der Waals surface area contributed by atoms with Gasteiger partial charge in [0.2, 0.25) is 0 Å². The van der Waals surface area contributed by atoms with Crippen molar-refractivity contribution in [1.29, 1.82) is 0 Å². The fraction of sp³-hybridized carbons (Fsp3) is 0.0612. The van der Waals surface area contributed by atoms with Crippen molar-refractivity contribution in [1.82, 2.24) is 9.97 Å². The average molecular weight is 695 g/mol. The molecule has 0 N–H and O–H groups in total. The minimum absolute atomic E-state index is 0.507. The van der Waals surface area contributed by atoms with Crippen molar-refractivity contribution in [2.75, 3.05) is 0 Å². The van der Waals surface area contributed by atoms with Crippen molar-refractivity contribution in [3.05, 3.63) is 186 Å². The third-order valence-electron chi connectivity index (χ3n) is 11.6. The number of benzene rings is 7. The quantitative estimate of drug-likeness (QED) is 0.169. The van der Waals surface area contributed by atoms with Crippen LogP contribution in [0, 0.1) is 0 Å². The normalized spacial score (nSPS) is 17.0. The number of rotatable bonds is 2. The van der Waals surface area contributed by atoms with Gasteiger partial charge in [0.25, 0.3) is 0 Å². The van der Waals surface area contributed by atoms with Gasteiger partial charge in [-0.1, -0.05) is 133 Å². The molecule has 0 saturated carbocycles. The van der Waals surface area contributed by atoms with Gasteiger partial charge in [-0.15, -0.1) is 11.3 Å². The summed E-state index contributed by atoms with van der Waals surface area (Å²) in [7, 11) is 0. The van der Waals surface area contributed by atoms with Crippen LogP contribution in [0.2, 0.25) is 0 Å². The number of fused-ring (bicyclic) bond motifs is 15. The monoisotopic (exact) mass is 694 g/mol. The van der Waals surface area contributed by atoms with Crippen LogP contribution in [0.5, 0.6) is 5.75 Å². The summed E-state index contributed by atoms with van der Waals surface area (Å²) in [4.78, 5) is 11.1. The van der Waals surface area contributed by atoms with E-state index in [4.69, 9.17) is 14.7 Å². The molecule has 248 valence electrons. The van der Waals surface area contributed by atoms with E-state index >= 15 is 0 Å². The second-order valence-electron chi connectivity index (χ2n) is 14.2. The van der Waals surface area contributed by atoms with Crippen LogP contribution in [-0.2, 0) is 5.41 Å². The first-order valence-electron chi connectivity index (χ1n) is 18.3. The zero-order chi connectivity index (χ0) is 34.7. The molecule has 53 heavy (non-hydrogen) atoms. The summed E-state index contributed by atoms with van der Waals surface area (Å²) in [5.74, 6) is 2.64. The van der Waals surface area contributed by atoms with E-state index in [-0.39, 0.29) is 0 Å². The number of para-hydroxylation sites is 1. The second-order valence-corrected chi connectivity index (χ2v) is 15.3. The maximum absolute atomic E-state index is 6.66. The van der Waals surface area contributed by atoms with E-state index < -0.39 is 5.41 Å². The Hall–Kier alpha value is -6.36. The molecule has 3 aliphatic rings. The molecule has 4 heteroatoms. The first kappa shape index (κ1) is 29.2. The third-order valence-corrected chi connectivity index (χ3v) is 12.7. The van der Waals surface area contributed by atoms with E-state index in [1.54, 1.807) is 11.3 Å². The summed E-state index contributed by atoms with van der Waals surface area (Å²) < 4.78 is 8.98. The van der Waals surface area contributed by atoms with Gasteiger partial charge < -0.3 is 4.74 Å². The van der Waals surface area contributed by atoms with Crippen molar-refractivity contribution < 1.29 is 4.74 Å². The number of hydrogen-bond acceptors (Lipinski definition) is 4. The summed E-state index contributed by atoms with van der Waals surface area (Å²) >= 11 is 1.79. The molecule has 1 atom stereocenters. The largest absolute Gasteiger partial charge is 0.457 e. The summed E-state index contributed by atoms with van der Waals surface area (Å²) in [6.45, 7) is 0. The predicted molar refractivity (Wildman–Crippen MR) is 219 cm³/mol. The molecule has 1 spiro atoms. The van der Waals surface area contributed by atoms with E-state index in [0.717, 1.165) is 68.0 Å². The fourth-order valence-electron chi connectivity index (χ4n) is 9.46. The van der Waals surface area contributed by atoms with Gasteiger partial charge in [0.05, 0.1) is 21.3 Å². The second kappa shape index (κ2) is 10.8. The number of ether oxygens (including phenoxy) is 1. The molecule has 0 amide bonds. The molecule has 7 aromatic carbocycles. The Kier molecular flexibility index (Phi) is 5.98. The summed E-state index contributed by atoms with van der Waals surface area (Å²) in [5.41, 5.74) is 11.1. The first-order chi connectivity index (χ1) is 26.3.